The molecule has 2 aromatic carbocycles. The van der Waals surface area contributed by atoms with E-state index in [0.717, 1.165) is 11.1 Å². The summed E-state index contributed by atoms with van der Waals surface area (Å²) in [7, 11) is 0. The van der Waals surface area contributed by atoms with Crippen molar-refractivity contribution in [2.75, 3.05) is 11.5 Å². The molecular weight excluding hydrogens is 449 g/mol. The van der Waals surface area contributed by atoms with E-state index >= 15 is 0 Å². The second-order valence-electron chi connectivity index (χ2n) is 9.46. The molecule has 3 N–H and O–H groups in total. The number of carbonyl (C=O) groups excluding carboxylic acids is 2. The minimum atomic E-state index is -0.887. The molecule has 0 spiro atoms. The van der Waals surface area contributed by atoms with Crippen molar-refractivity contribution in [3.05, 3.63) is 76.6 Å². The third-order valence-corrected chi connectivity index (χ3v) is 7.10. The van der Waals surface area contributed by atoms with Crippen molar-refractivity contribution in [3.63, 3.8) is 0 Å². The highest BCUT2D eigenvalue weighted by molar-refractivity contribution is 6.22. The molecular formula is C28H30FNO5. The van der Waals surface area contributed by atoms with Crippen LogP contribution in [-0.2, 0) is 9.59 Å². The molecule has 1 saturated heterocycles. The number of aromatic hydroxyl groups is 1. The van der Waals surface area contributed by atoms with Crippen LogP contribution in [0.2, 0.25) is 0 Å². The van der Waals surface area contributed by atoms with E-state index in [9.17, 15) is 29.3 Å². The lowest BCUT2D eigenvalue weighted by Gasteiger charge is -2.35. The zero-order chi connectivity index (χ0) is 25.3. The molecule has 0 radical (unpaired) electrons. The van der Waals surface area contributed by atoms with Crippen molar-refractivity contribution in [1.29, 1.82) is 0 Å². The Morgan fingerprint density at radius 3 is 2.54 bits per heavy atom. The molecule has 6 nitrogen and oxygen atoms in total. The molecule has 184 valence electrons. The zero-order valence-electron chi connectivity index (χ0n) is 19.8. The normalized spacial score (nSPS) is 23.6. The number of fused-ring (bicyclic) bond motifs is 1. The molecule has 4 rings (SSSR count). The molecule has 7 heteroatoms. The second kappa shape index (κ2) is 10.1. The van der Waals surface area contributed by atoms with Crippen molar-refractivity contribution in [2.45, 2.75) is 39.2 Å². The van der Waals surface area contributed by atoms with Gasteiger partial charge in [0.1, 0.15) is 0 Å². The Morgan fingerprint density at radius 1 is 1.17 bits per heavy atom. The van der Waals surface area contributed by atoms with Crippen molar-refractivity contribution >= 4 is 23.6 Å². The number of aliphatic hydroxyl groups excluding tert-OH is 2. The SMILES string of the molecule is CC1=C([C@H](O)CC/C(C)=C/c2ccc(O)c(F)c2)[C@H](CO)[C@@H]2C(=O)N(c3ccccc3)C(=O)[C@@H]2C1. The van der Waals surface area contributed by atoms with Gasteiger partial charge in [-0.05, 0) is 68.5 Å². The van der Waals surface area contributed by atoms with Gasteiger partial charge in [0, 0.05) is 5.92 Å². The molecule has 35 heavy (non-hydrogen) atoms. The van der Waals surface area contributed by atoms with Crippen molar-refractivity contribution in [1.82, 2.24) is 0 Å². The molecule has 2 aromatic rings. The van der Waals surface area contributed by atoms with Crippen LogP contribution in [0, 0.1) is 23.6 Å². The lowest BCUT2D eigenvalue weighted by molar-refractivity contribution is -0.123. The summed E-state index contributed by atoms with van der Waals surface area (Å²) in [5.74, 6) is -3.61. The Morgan fingerprint density at radius 2 is 1.89 bits per heavy atom. The third-order valence-electron chi connectivity index (χ3n) is 7.10. The Bertz CT molecular complexity index is 1190. The number of halogens is 1. The van der Waals surface area contributed by atoms with E-state index < -0.39 is 35.4 Å². The van der Waals surface area contributed by atoms with Gasteiger partial charge in [-0.2, -0.15) is 0 Å². The van der Waals surface area contributed by atoms with Crippen LogP contribution >= 0.6 is 0 Å². The van der Waals surface area contributed by atoms with E-state index in [1.807, 2.05) is 19.9 Å². The molecule has 1 aliphatic heterocycles. The first-order valence-corrected chi connectivity index (χ1v) is 11.8. The predicted molar refractivity (Wildman–Crippen MR) is 131 cm³/mol. The maximum absolute atomic E-state index is 13.6. The highest BCUT2D eigenvalue weighted by Gasteiger charge is 2.54. The minimum absolute atomic E-state index is 0.266. The van der Waals surface area contributed by atoms with E-state index in [-0.39, 0.29) is 18.4 Å². The highest BCUT2D eigenvalue weighted by atomic mass is 19.1. The molecule has 1 aliphatic carbocycles. The summed E-state index contributed by atoms with van der Waals surface area (Å²) in [6.07, 6.45) is 2.13. The van der Waals surface area contributed by atoms with Gasteiger partial charge in [0.25, 0.3) is 0 Å². The summed E-state index contributed by atoms with van der Waals surface area (Å²) in [6, 6.07) is 12.9. The van der Waals surface area contributed by atoms with Crippen LogP contribution in [-0.4, -0.2) is 39.8 Å². The number of imide groups is 1. The number of benzene rings is 2. The first kappa shape index (κ1) is 24.8. The lowest BCUT2D eigenvalue weighted by Crippen LogP contribution is -2.38. The summed E-state index contributed by atoms with van der Waals surface area (Å²) in [6.45, 7) is 3.38. The number of para-hydroxylation sites is 1. The van der Waals surface area contributed by atoms with Gasteiger partial charge in [0.15, 0.2) is 11.6 Å². The van der Waals surface area contributed by atoms with Gasteiger partial charge >= 0.3 is 0 Å². The monoisotopic (exact) mass is 479 g/mol. The largest absolute Gasteiger partial charge is 0.505 e. The Balaban J connectivity index is 1.52. The second-order valence-corrected chi connectivity index (χ2v) is 9.46. The number of hydrogen-bond donors (Lipinski definition) is 3. The van der Waals surface area contributed by atoms with Crippen LogP contribution in [0.3, 0.4) is 0 Å². The quantitative estimate of drug-likeness (QED) is 0.408. The lowest BCUT2D eigenvalue weighted by atomic mass is 9.68. The van der Waals surface area contributed by atoms with E-state index in [2.05, 4.69) is 0 Å². The fourth-order valence-electron chi connectivity index (χ4n) is 5.44. The van der Waals surface area contributed by atoms with E-state index in [0.29, 0.717) is 36.1 Å². The molecule has 1 fully saturated rings. The van der Waals surface area contributed by atoms with E-state index in [4.69, 9.17) is 0 Å². The Hall–Kier alpha value is -3.29. The maximum Gasteiger partial charge on any atom is 0.238 e. The summed E-state index contributed by atoms with van der Waals surface area (Å²) >= 11 is 0. The van der Waals surface area contributed by atoms with Crippen LogP contribution in [0.5, 0.6) is 5.75 Å². The molecule has 0 bridgehead atoms. The number of anilines is 1. The maximum atomic E-state index is 13.6. The number of allylic oxidation sites excluding steroid dienone is 2. The molecule has 0 saturated carbocycles. The zero-order valence-corrected chi connectivity index (χ0v) is 19.8. The van der Waals surface area contributed by atoms with Gasteiger partial charge in [-0.25, -0.2) is 4.39 Å². The van der Waals surface area contributed by atoms with Gasteiger partial charge in [-0.3, -0.25) is 14.5 Å². The molecule has 0 aromatic heterocycles. The van der Waals surface area contributed by atoms with Gasteiger partial charge in [0.05, 0.1) is 30.2 Å². The molecule has 4 atom stereocenters. The highest BCUT2D eigenvalue weighted by Crippen LogP contribution is 2.47. The third kappa shape index (κ3) is 4.79. The van der Waals surface area contributed by atoms with Crippen LogP contribution in [0.15, 0.2) is 65.3 Å². The first-order chi connectivity index (χ1) is 16.7. The summed E-state index contributed by atoms with van der Waals surface area (Å²) in [5.41, 5.74) is 3.49. The van der Waals surface area contributed by atoms with Crippen molar-refractivity contribution < 1.29 is 29.3 Å². The molecule has 2 amide bonds. The van der Waals surface area contributed by atoms with Gasteiger partial charge in [-0.1, -0.05) is 41.5 Å². The molecule has 2 aliphatic rings. The number of hydrogen-bond acceptors (Lipinski definition) is 5. The summed E-state index contributed by atoms with van der Waals surface area (Å²) in [5, 5.41) is 30.7. The topological polar surface area (TPSA) is 98.1 Å². The number of amides is 2. The number of phenolic OH excluding ortho intramolecular Hbond substituents is 1. The standard InChI is InChI=1S/C28H30FNO5/c1-16(12-18-9-11-23(32)22(29)14-18)8-10-24(33)25-17(2)13-20-26(21(25)15-31)28(35)30(27(20)34)19-6-4-3-5-7-19/h3-7,9,11-12,14,20-21,24,26,31-33H,8,10,13,15H2,1-2H3/b16-12+/t20-,21+,24-,26-/m1/s1. The van der Waals surface area contributed by atoms with Crippen LogP contribution in [0.4, 0.5) is 10.1 Å². The minimum Gasteiger partial charge on any atom is -0.505 e. The fraction of sp³-hybridized carbons (Fsp3) is 0.357. The number of phenols is 1. The van der Waals surface area contributed by atoms with Crippen LogP contribution < -0.4 is 4.90 Å². The van der Waals surface area contributed by atoms with E-state index in [1.54, 1.807) is 36.4 Å². The first-order valence-electron chi connectivity index (χ1n) is 11.8. The Labute approximate surface area is 204 Å². The number of carbonyl (C=O) groups is 2. The number of rotatable bonds is 7. The fourth-order valence-corrected chi connectivity index (χ4v) is 5.44. The molecule has 1 heterocycles. The molecule has 0 unspecified atom stereocenters. The Kier molecular flexibility index (Phi) is 7.19. The number of aliphatic hydroxyl groups is 2. The summed E-state index contributed by atoms with van der Waals surface area (Å²) < 4.78 is 13.6. The van der Waals surface area contributed by atoms with Gasteiger partial charge in [-0.15, -0.1) is 0 Å². The summed E-state index contributed by atoms with van der Waals surface area (Å²) in [4.78, 5) is 27.7. The van der Waals surface area contributed by atoms with Crippen LogP contribution in [0.1, 0.15) is 38.7 Å². The van der Waals surface area contributed by atoms with E-state index in [1.165, 1.54) is 17.0 Å². The smallest absolute Gasteiger partial charge is 0.238 e. The van der Waals surface area contributed by atoms with Crippen LogP contribution in [0.25, 0.3) is 6.08 Å². The average Bonchev–Trinajstić information content (AvgIpc) is 3.08. The van der Waals surface area contributed by atoms with Crippen molar-refractivity contribution in [3.8, 4) is 5.75 Å². The van der Waals surface area contributed by atoms with Crippen molar-refractivity contribution in [2.24, 2.45) is 17.8 Å². The van der Waals surface area contributed by atoms with Gasteiger partial charge in [0.2, 0.25) is 11.8 Å². The average molecular weight is 480 g/mol. The van der Waals surface area contributed by atoms with Gasteiger partial charge < -0.3 is 15.3 Å². The predicted octanol–water partition coefficient (Wildman–Crippen LogP) is 4.21. The number of nitrogens with zero attached hydrogens (tertiary/aromatic N) is 1.